The summed E-state index contributed by atoms with van der Waals surface area (Å²) in [6, 6.07) is 12.0. The van der Waals surface area contributed by atoms with Gasteiger partial charge in [0.15, 0.2) is 0 Å². The van der Waals surface area contributed by atoms with Crippen molar-refractivity contribution in [3.8, 4) is 0 Å². The summed E-state index contributed by atoms with van der Waals surface area (Å²) in [6.45, 7) is 1.89. The van der Waals surface area contributed by atoms with Gasteiger partial charge in [-0.25, -0.2) is 4.39 Å². The molecule has 1 amide bonds. The Morgan fingerprint density at radius 2 is 1.79 bits per heavy atom. The first-order valence-electron chi connectivity index (χ1n) is 9.14. The van der Waals surface area contributed by atoms with Crippen LogP contribution in [0.15, 0.2) is 47.5 Å². The zero-order valence-corrected chi connectivity index (χ0v) is 17.6. The quantitative estimate of drug-likeness (QED) is 0.719. The fourth-order valence-electron chi connectivity index (χ4n) is 3.89. The number of piperidine rings is 1. The second-order valence-corrected chi connectivity index (χ2v) is 7.54. The van der Waals surface area contributed by atoms with E-state index in [0.29, 0.717) is 21.9 Å². The van der Waals surface area contributed by atoms with Gasteiger partial charge in [0.25, 0.3) is 0 Å². The summed E-state index contributed by atoms with van der Waals surface area (Å²) in [4.78, 5) is 21.6. The van der Waals surface area contributed by atoms with E-state index in [4.69, 9.17) is 11.6 Å². The normalized spacial score (nSPS) is 17.6. The molecular formula is C21H24Cl2FN3O2. The number of benzene rings is 2. The van der Waals surface area contributed by atoms with E-state index in [2.05, 4.69) is 16.9 Å². The molecule has 0 unspecified atom stereocenters. The Labute approximate surface area is 180 Å². The van der Waals surface area contributed by atoms with Crippen molar-refractivity contribution < 1.29 is 14.7 Å². The number of amides is 1. The van der Waals surface area contributed by atoms with Crippen LogP contribution in [0.1, 0.15) is 24.0 Å². The van der Waals surface area contributed by atoms with Gasteiger partial charge in [0.2, 0.25) is 5.91 Å². The molecule has 29 heavy (non-hydrogen) atoms. The van der Waals surface area contributed by atoms with Gasteiger partial charge in [-0.2, -0.15) is 0 Å². The van der Waals surface area contributed by atoms with Gasteiger partial charge in [-0.15, -0.1) is 12.4 Å². The van der Waals surface area contributed by atoms with Crippen molar-refractivity contribution in [2.45, 2.75) is 18.9 Å². The third kappa shape index (κ3) is 4.61. The van der Waals surface area contributed by atoms with Crippen LogP contribution in [0.5, 0.6) is 0 Å². The highest BCUT2D eigenvalue weighted by molar-refractivity contribution is 6.32. The van der Waals surface area contributed by atoms with Crippen molar-refractivity contribution in [2.24, 2.45) is 4.99 Å². The van der Waals surface area contributed by atoms with Gasteiger partial charge in [0, 0.05) is 22.2 Å². The first-order valence-corrected chi connectivity index (χ1v) is 9.52. The summed E-state index contributed by atoms with van der Waals surface area (Å²) < 4.78 is 14.5. The molecule has 2 aliphatic heterocycles. The minimum absolute atomic E-state index is 0. The first-order chi connectivity index (χ1) is 13.0. The lowest BCUT2D eigenvalue weighted by Crippen LogP contribution is -2.47. The molecule has 0 atom stereocenters. The number of carbonyl (C=O) groups excluding carboxylic acids is 1. The third-order valence-corrected chi connectivity index (χ3v) is 5.53. The maximum Gasteiger partial charge on any atom is 0.248 e. The van der Waals surface area contributed by atoms with Gasteiger partial charge in [-0.1, -0.05) is 23.7 Å². The standard InChI is InChI=1S/C21H21ClFN3O.ClH.H2O/c1-25-10-8-15(9-11-25)26-19-7-6-14(22)12-17(19)21(24-13-20(26)27)16-4-2-3-5-18(16)23;;/h2-7,12,15H,8-11,13H2,1H3;1H;1H2. The highest BCUT2D eigenvalue weighted by atomic mass is 35.5. The fraction of sp³-hybridized carbons (Fsp3) is 0.333. The Hall–Kier alpha value is -1.99. The highest BCUT2D eigenvalue weighted by Crippen LogP contribution is 2.33. The lowest BCUT2D eigenvalue weighted by molar-refractivity contribution is -0.117. The lowest BCUT2D eigenvalue weighted by atomic mass is 9.97. The molecular weight excluding hydrogens is 416 g/mol. The fourth-order valence-corrected chi connectivity index (χ4v) is 4.06. The van der Waals surface area contributed by atoms with Crippen LogP contribution in [0.3, 0.4) is 0 Å². The van der Waals surface area contributed by atoms with Crippen molar-refractivity contribution in [1.29, 1.82) is 0 Å². The molecule has 8 heteroatoms. The molecule has 2 N–H and O–H groups in total. The molecule has 0 bridgehead atoms. The maximum absolute atomic E-state index is 14.5. The number of hydrogen-bond donors (Lipinski definition) is 0. The Morgan fingerprint density at radius 3 is 2.48 bits per heavy atom. The van der Waals surface area contributed by atoms with Gasteiger partial charge < -0.3 is 15.3 Å². The molecule has 0 radical (unpaired) electrons. The lowest BCUT2D eigenvalue weighted by Gasteiger charge is -2.37. The van der Waals surface area contributed by atoms with Crippen molar-refractivity contribution in [1.82, 2.24) is 4.90 Å². The summed E-state index contributed by atoms with van der Waals surface area (Å²) in [5, 5.41) is 0.537. The monoisotopic (exact) mass is 439 g/mol. The summed E-state index contributed by atoms with van der Waals surface area (Å²) in [7, 11) is 2.09. The van der Waals surface area contributed by atoms with Crippen LogP contribution in [0.4, 0.5) is 10.1 Å². The number of fused-ring (bicyclic) bond motifs is 1. The van der Waals surface area contributed by atoms with E-state index in [9.17, 15) is 9.18 Å². The number of rotatable bonds is 2. The maximum atomic E-state index is 14.5. The molecule has 0 saturated carbocycles. The number of aliphatic imine (C=N–C) groups is 1. The Morgan fingerprint density at radius 1 is 1.10 bits per heavy atom. The number of halogens is 3. The zero-order chi connectivity index (χ0) is 19.0. The number of hydrogen-bond acceptors (Lipinski definition) is 3. The largest absolute Gasteiger partial charge is 0.412 e. The molecule has 2 heterocycles. The minimum Gasteiger partial charge on any atom is -0.412 e. The number of anilines is 1. The number of carbonyl (C=O) groups is 1. The predicted octanol–water partition coefficient (Wildman–Crippen LogP) is 3.35. The predicted molar refractivity (Wildman–Crippen MR) is 117 cm³/mol. The Balaban J connectivity index is 0.00000150. The second-order valence-electron chi connectivity index (χ2n) is 7.10. The SMILES string of the molecule is CN1CCC(N2C(=O)CN=C(c3ccccc3F)c3cc(Cl)ccc32)CC1.Cl.O. The van der Waals surface area contributed by atoms with Crippen LogP contribution in [0.2, 0.25) is 5.02 Å². The molecule has 0 aliphatic carbocycles. The van der Waals surface area contributed by atoms with Gasteiger partial charge in [0.05, 0.1) is 11.4 Å². The summed E-state index contributed by atoms with van der Waals surface area (Å²) in [5.74, 6) is -0.415. The first kappa shape index (κ1) is 23.3. The van der Waals surface area contributed by atoms with Crippen molar-refractivity contribution in [2.75, 3.05) is 31.6 Å². The molecule has 5 nitrogen and oxygen atoms in total. The number of benzodiazepines with no additional fused rings is 1. The van der Waals surface area contributed by atoms with E-state index in [0.717, 1.165) is 31.6 Å². The van der Waals surface area contributed by atoms with Crippen LogP contribution in [0.25, 0.3) is 0 Å². The molecule has 2 aromatic carbocycles. The van der Waals surface area contributed by atoms with Gasteiger partial charge in [-0.05, 0) is 63.3 Å². The van der Waals surface area contributed by atoms with Gasteiger partial charge >= 0.3 is 0 Å². The molecule has 1 saturated heterocycles. The van der Waals surface area contributed by atoms with Crippen LogP contribution < -0.4 is 4.90 Å². The van der Waals surface area contributed by atoms with Crippen LogP contribution in [-0.4, -0.2) is 54.7 Å². The smallest absolute Gasteiger partial charge is 0.248 e. The van der Waals surface area contributed by atoms with E-state index in [-0.39, 0.29) is 42.2 Å². The van der Waals surface area contributed by atoms with E-state index in [1.54, 1.807) is 30.3 Å². The third-order valence-electron chi connectivity index (χ3n) is 5.30. The summed E-state index contributed by atoms with van der Waals surface area (Å²) >= 11 is 6.25. The average molecular weight is 440 g/mol. The Bertz CT molecular complexity index is 915. The van der Waals surface area contributed by atoms with E-state index >= 15 is 0 Å². The van der Waals surface area contributed by atoms with Crippen molar-refractivity contribution >= 4 is 41.3 Å². The number of likely N-dealkylation sites (tertiary alicyclic amines) is 1. The molecule has 156 valence electrons. The zero-order valence-electron chi connectivity index (χ0n) is 16.1. The van der Waals surface area contributed by atoms with E-state index in [1.807, 2.05) is 11.0 Å². The second kappa shape index (κ2) is 9.67. The molecule has 2 aromatic rings. The molecule has 4 rings (SSSR count). The van der Waals surface area contributed by atoms with E-state index < -0.39 is 0 Å². The average Bonchev–Trinajstić information content (AvgIpc) is 2.79. The van der Waals surface area contributed by atoms with Crippen LogP contribution in [0, 0.1) is 5.82 Å². The van der Waals surface area contributed by atoms with Gasteiger partial charge in [0.1, 0.15) is 12.4 Å². The Kier molecular flexibility index (Phi) is 7.77. The van der Waals surface area contributed by atoms with Crippen molar-refractivity contribution in [3.63, 3.8) is 0 Å². The molecule has 0 aromatic heterocycles. The highest BCUT2D eigenvalue weighted by Gasteiger charge is 2.32. The molecule has 2 aliphatic rings. The van der Waals surface area contributed by atoms with Gasteiger partial charge in [-0.3, -0.25) is 9.79 Å². The molecule has 0 spiro atoms. The molecule has 1 fully saturated rings. The minimum atomic E-state index is -0.359. The summed E-state index contributed by atoms with van der Waals surface area (Å²) in [5.41, 5.74) is 2.34. The topological polar surface area (TPSA) is 67.4 Å². The van der Waals surface area contributed by atoms with Crippen molar-refractivity contribution in [3.05, 3.63) is 64.4 Å². The van der Waals surface area contributed by atoms with Crippen LogP contribution >= 0.6 is 24.0 Å². The number of nitrogens with zero attached hydrogens (tertiary/aromatic N) is 3. The summed E-state index contributed by atoms with van der Waals surface area (Å²) in [6.07, 6.45) is 1.80. The van der Waals surface area contributed by atoms with E-state index in [1.165, 1.54) is 6.07 Å². The van der Waals surface area contributed by atoms with Crippen LogP contribution in [-0.2, 0) is 4.79 Å².